The van der Waals surface area contributed by atoms with Crippen molar-refractivity contribution in [1.29, 1.82) is 0 Å². The third-order valence-corrected chi connectivity index (χ3v) is 5.15. The second kappa shape index (κ2) is 6.93. The average Bonchev–Trinajstić information content (AvgIpc) is 2.56. The molecule has 1 aliphatic carbocycles. The van der Waals surface area contributed by atoms with Crippen LogP contribution in [0, 0.1) is 23.6 Å². The number of hydrogen-bond donors (Lipinski definition) is 0. The lowest BCUT2D eigenvalue weighted by molar-refractivity contribution is -0.180. The largest absolute Gasteiger partial charge is 0.348 e. The van der Waals surface area contributed by atoms with Crippen LogP contribution in [0.4, 0.5) is 4.39 Å². The van der Waals surface area contributed by atoms with Gasteiger partial charge in [0.05, 0.1) is 13.2 Å². The van der Waals surface area contributed by atoms with Crippen molar-refractivity contribution >= 4 is 5.57 Å². The van der Waals surface area contributed by atoms with Crippen LogP contribution in [-0.2, 0) is 9.47 Å². The molecule has 1 saturated heterocycles. The predicted molar refractivity (Wildman–Crippen MR) is 85.7 cm³/mol. The molecule has 2 fully saturated rings. The molecular formula is C19H25FO2. The van der Waals surface area contributed by atoms with E-state index in [1.54, 1.807) is 12.1 Å². The van der Waals surface area contributed by atoms with E-state index in [0.29, 0.717) is 5.92 Å². The molecule has 22 heavy (non-hydrogen) atoms. The Balaban J connectivity index is 1.53. The molecule has 0 spiro atoms. The molecule has 0 radical (unpaired) electrons. The quantitative estimate of drug-likeness (QED) is 0.809. The van der Waals surface area contributed by atoms with Crippen LogP contribution in [0.15, 0.2) is 30.8 Å². The van der Waals surface area contributed by atoms with Gasteiger partial charge in [-0.2, -0.15) is 0 Å². The van der Waals surface area contributed by atoms with Gasteiger partial charge in [-0.25, -0.2) is 4.39 Å². The zero-order chi connectivity index (χ0) is 15.5. The Kier molecular flexibility index (Phi) is 4.94. The summed E-state index contributed by atoms with van der Waals surface area (Å²) in [4.78, 5) is 0. The normalized spacial score (nSPS) is 32.6. The van der Waals surface area contributed by atoms with Crippen molar-refractivity contribution in [2.75, 3.05) is 13.2 Å². The molecule has 3 heteroatoms. The molecule has 3 rings (SSSR count). The molecule has 1 aliphatic heterocycles. The van der Waals surface area contributed by atoms with E-state index >= 15 is 0 Å². The van der Waals surface area contributed by atoms with Crippen LogP contribution < -0.4 is 0 Å². The highest BCUT2D eigenvalue weighted by Crippen LogP contribution is 2.36. The molecule has 1 heterocycles. The lowest BCUT2D eigenvalue weighted by Gasteiger charge is -2.37. The number of halogens is 1. The highest BCUT2D eigenvalue weighted by molar-refractivity contribution is 5.65. The minimum atomic E-state index is -0.399. The van der Waals surface area contributed by atoms with E-state index in [4.69, 9.17) is 9.47 Å². The minimum Gasteiger partial charge on any atom is -0.348 e. The molecule has 0 bridgehead atoms. The molecule has 0 N–H and O–H groups in total. The monoisotopic (exact) mass is 304 g/mol. The maximum absolute atomic E-state index is 13.0. The summed E-state index contributed by atoms with van der Waals surface area (Å²) in [5.41, 5.74) is 1.65. The Morgan fingerprint density at radius 1 is 1.00 bits per heavy atom. The summed E-state index contributed by atoms with van der Waals surface area (Å²) in [6, 6.07) is 6.32. The van der Waals surface area contributed by atoms with Crippen LogP contribution in [0.1, 0.15) is 38.2 Å². The Morgan fingerprint density at radius 2 is 1.59 bits per heavy atom. The van der Waals surface area contributed by atoms with Gasteiger partial charge in [0.15, 0.2) is 6.29 Å². The van der Waals surface area contributed by atoms with Gasteiger partial charge in [0.25, 0.3) is 0 Å². The third kappa shape index (κ3) is 3.58. The van der Waals surface area contributed by atoms with Crippen molar-refractivity contribution < 1.29 is 13.9 Å². The van der Waals surface area contributed by atoms with Crippen molar-refractivity contribution in [2.45, 2.75) is 38.9 Å². The highest BCUT2D eigenvalue weighted by Gasteiger charge is 2.32. The van der Waals surface area contributed by atoms with Crippen LogP contribution in [0.5, 0.6) is 0 Å². The first-order valence-electron chi connectivity index (χ1n) is 8.31. The first-order valence-corrected chi connectivity index (χ1v) is 8.31. The SMILES string of the molecule is C=C(c1ccc(F)cc1)C1OCC(C2CCC(C)CC2)CO1. The van der Waals surface area contributed by atoms with E-state index in [-0.39, 0.29) is 5.82 Å². The number of hydrogen-bond acceptors (Lipinski definition) is 2. The van der Waals surface area contributed by atoms with Crippen molar-refractivity contribution in [1.82, 2.24) is 0 Å². The van der Waals surface area contributed by atoms with Crippen molar-refractivity contribution in [3.8, 4) is 0 Å². The zero-order valence-corrected chi connectivity index (χ0v) is 13.3. The topological polar surface area (TPSA) is 18.5 Å². The van der Waals surface area contributed by atoms with Gasteiger partial charge in [-0.3, -0.25) is 0 Å². The zero-order valence-electron chi connectivity index (χ0n) is 13.3. The summed E-state index contributed by atoms with van der Waals surface area (Å²) < 4.78 is 24.8. The van der Waals surface area contributed by atoms with Crippen molar-refractivity contribution in [3.63, 3.8) is 0 Å². The van der Waals surface area contributed by atoms with Crippen molar-refractivity contribution in [2.24, 2.45) is 17.8 Å². The first-order chi connectivity index (χ1) is 10.6. The van der Waals surface area contributed by atoms with E-state index in [1.807, 2.05) is 0 Å². The molecule has 0 unspecified atom stereocenters. The second-order valence-corrected chi connectivity index (χ2v) is 6.81. The predicted octanol–water partition coefficient (Wildman–Crippen LogP) is 4.65. The van der Waals surface area contributed by atoms with Gasteiger partial charge in [0.2, 0.25) is 0 Å². The van der Waals surface area contributed by atoms with Crippen LogP contribution in [0.25, 0.3) is 5.57 Å². The fraction of sp³-hybridized carbons (Fsp3) is 0.579. The molecule has 0 atom stereocenters. The number of rotatable bonds is 3. The van der Waals surface area contributed by atoms with E-state index in [1.165, 1.54) is 37.8 Å². The highest BCUT2D eigenvalue weighted by atomic mass is 19.1. The Hall–Kier alpha value is -1.19. The summed E-state index contributed by atoms with van der Waals surface area (Å²) in [7, 11) is 0. The van der Waals surface area contributed by atoms with Gasteiger partial charge in [-0.1, -0.05) is 38.5 Å². The van der Waals surface area contributed by atoms with Gasteiger partial charge in [0.1, 0.15) is 5.82 Å². The van der Waals surface area contributed by atoms with Crippen LogP contribution in [-0.4, -0.2) is 19.5 Å². The summed E-state index contributed by atoms with van der Waals surface area (Å²) in [6.45, 7) is 7.87. The fourth-order valence-electron chi connectivity index (χ4n) is 3.55. The smallest absolute Gasteiger partial charge is 0.183 e. The van der Waals surface area contributed by atoms with Crippen LogP contribution >= 0.6 is 0 Å². The molecule has 0 amide bonds. The maximum Gasteiger partial charge on any atom is 0.183 e. The van der Waals surface area contributed by atoms with Gasteiger partial charge >= 0.3 is 0 Å². The number of benzene rings is 1. The third-order valence-electron chi connectivity index (χ3n) is 5.15. The van der Waals surface area contributed by atoms with Crippen molar-refractivity contribution in [3.05, 3.63) is 42.2 Å². The molecule has 2 nitrogen and oxygen atoms in total. The van der Waals surface area contributed by atoms with Gasteiger partial charge in [0, 0.05) is 11.5 Å². The molecule has 0 aromatic heterocycles. The maximum atomic E-state index is 13.0. The molecule has 2 aliphatic rings. The summed E-state index contributed by atoms with van der Waals surface area (Å²) in [5, 5.41) is 0. The standard InChI is InChI=1S/C19H25FO2/c1-13-3-5-16(6-4-13)17-11-21-19(22-12-17)14(2)15-7-9-18(20)10-8-15/h7-10,13,16-17,19H,2-6,11-12H2,1H3. The number of ether oxygens (including phenoxy) is 2. The van der Waals surface area contributed by atoms with E-state index in [9.17, 15) is 4.39 Å². The Bertz CT molecular complexity index is 495. The van der Waals surface area contributed by atoms with Gasteiger partial charge in [-0.05, 0) is 42.4 Å². The summed E-state index contributed by atoms with van der Waals surface area (Å²) in [5.74, 6) is 1.86. The van der Waals surface area contributed by atoms with E-state index in [0.717, 1.165) is 36.2 Å². The summed E-state index contributed by atoms with van der Waals surface area (Å²) in [6.07, 6.45) is 4.84. The van der Waals surface area contributed by atoms with Crippen LogP contribution in [0.2, 0.25) is 0 Å². The fourth-order valence-corrected chi connectivity index (χ4v) is 3.55. The lowest BCUT2D eigenvalue weighted by Crippen LogP contribution is -2.37. The summed E-state index contributed by atoms with van der Waals surface area (Å²) >= 11 is 0. The average molecular weight is 304 g/mol. The van der Waals surface area contributed by atoms with Gasteiger partial charge < -0.3 is 9.47 Å². The second-order valence-electron chi connectivity index (χ2n) is 6.81. The molecule has 120 valence electrons. The lowest BCUT2D eigenvalue weighted by atomic mass is 9.76. The molecular weight excluding hydrogens is 279 g/mol. The van der Waals surface area contributed by atoms with Crippen LogP contribution in [0.3, 0.4) is 0 Å². The van der Waals surface area contributed by atoms with E-state index in [2.05, 4.69) is 13.5 Å². The molecule has 1 saturated carbocycles. The van der Waals surface area contributed by atoms with Gasteiger partial charge in [-0.15, -0.1) is 0 Å². The molecule has 1 aromatic carbocycles. The Morgan fingerprint density at radius 3 is 2.18 bits per heavy atom. The Labute approximate surface area is 132 Å². The molecule has 1 aromatic rings. The first kappa shape index (κ1) is 15.7. The van der Waals surface area contributed by atoms with E-state index < -0.39 is 6.29 Å². The minimum absolute atomic E-state index is 0.242.